The van der Waals surface area contributed by atoms with E-state index >= 15 is 0 Å². The molecule has 0 fully saturated rings. The molecule has 0 saturated heterocycles. The Labute approximate surface area is 129 Å². The second-order valence-corrected chi connectivity index (χ2v) is 4.68. The number of rotatable bonds is 2. The van der Waals surface area contributed by atoms with Gasteiger partial charge in [-0.15, -0.1) is 0 Å². The normalized spacial score (nSPS) is 11.0. The number of carbonyl (C=O) groups is 2. The summed E-state index contributed by atoms with van der Waals surface area (Å²) in [6.07, 6.45) is -1.72. The Morgan fingerprint density at radius 1 is 1.04 bits per heavy atom. The number of hydrogen-bond donors (Lipinski definition) is 2. The SMILES string of the molecule is Cc1ccc(NC(=O)C(=O)Nc2cccnc2)cc1C(F)(F)F. The lowest BCUT2D eigenvalue weighted by Crippen LogP contribution is -2.29. The van der Waals surface area contributed by atoms with Gasteiger partial charge in [0, 0.05) is 11.9 Å². The molecule has 8 heteroatoms. The number of carbonyl (C=O) groups excluding carboxylic acids is 2. The molecule has 0 unspecified atom stereocenters. The van der Waals surface area contributed by atoms with E-state index in [1.54, 1.807) is 6.07 Å². The Kier molecular flexibility index (Phi) is 4.63. The van der Waals surface area contributed by atoms with E-state index in [0.29, 0.717) is 5.69 Å². The highest BCUT2D eigenvalue weighted by molar-refractivity contribution is 6.43. The van der Waals surface area contributed by atoms with Gasteiger partial charge in [-0.05, 0) is 36.8 Å². The number of alkyl halides is 3. The summed E-state index contributed by atoms with van der Waals surface area (Å²) in [5.74, 6) is -2.09. The van der Waals surface area contributed by atoms with Gasteiger partial charge in [-0.25, -0.2) is 0 Å². The summed E-state index contributed by atoms with van der Waals surface area (Å²) in [5.41, 5.74) is -0.667. The van der Waals surface area contributed by atoms with Crippen LogP contribution in [0.3, 0.4) is 0 Å². The average molecular weight is 323 g/mol. The van der Waals surface area contributed by atoms with Gasteiger partial charge in [0.05, 0.1) is 17.4 Å². The number of halogens is 3. The summed E-state index contributed by atoms with van der Waals surface area (Å²) in [5, 5.41) is 4.41. The van der Waals surface area contributed by atoms with E-state index in [1.165, 1.54) is 37.5 Å². The molecule has 1 aromatic heterocycles. The van der Waals surface area contributed by atoms with Crippen LogP contribution in [0.15, 0.2) is 42.7 Å². The lowest BCUT2D eigenvalue weighted by molar-refractivity contribution is -0.138. The fourth-order valence-corrected chi connectivity index (χ4v) is 1.82. The zero-order chi connectivity index (χ0) is 17.0. The second kappa shape index (κ2) is 6.47. The maximum absolute atomic E-state index is 12.8. The van der Waals surface area contributed by atoms with Gasteiger partial charge in [0.1, 0.15) is 0 Å². The smallest absolute Gasteiger partial charge is 0.318 e. The number of benzene rings is 1. The van der Waals surface area contributed by atoms with E-state index in [-0.39, 0.29) is 11.3 Å². The molecule has 0 atom stereocenters. The van der Waals surface area contributed by atoms with Crippen LogP contribution in [-0.2, 0) is 15.8 Å². The summed E-state index contributed by atoms with van der Waals surface area (Å²) in [6.45, 7) is 1.31. The van der Waals surface area contributed by atoms with E-state index in [1.807, 2.05) is 0 Å². The molecule has 0 aliphatic rings. The maximum Gasteiger partial charge on any atom is 0.416 e. The molecule has 120 valence electrons. The van der Waals surface area contributed by atoms with E-state index in [9.17, 15) is 22.8 Å². The van der Waals surface area contributed by atoms with E-state index in [0.717, 1.165) is 6.07 Å². The van der Waals surface area contributed by atoms with Crippen molar-refractivity contribution in [2.75, 3.05) is 10.6 Å². The molecule has 2 aromatic rings. The monoisotopic (exact) mass is 323 g/mol. The number of nitrogens with one attached hydrogen (secondary N) is 2. The van der Waals surface area contributed by atoms with Crippen LogP contribution in [0.4, 0.5) is 24.5 Å². The Hall–Kier alpha value is -2.90. The van der Waals surface area contributed by atoms with Gasteiger partial charge in [0.25, 0.3) is 0 Å². The molecule has 2 rings (SSSR count). The first-order chi connectivity index (χ1) is 10.8. The lowest BCUT2D eigenvalue weighted by atomic mass is 10.1. The van der Waals surface area contributed by atoms with Crippen molar-refractivity contribution < 1.29 is 22.8 Å². The number of aryl methyl sites for hydroxylation is 1. The predicted octanol–water partition coefficient (Wildman–Crippen LogP) is 2.99. The van der Waals surface area contributed by atoms with Gasteiger partial charge in [-0.2, -0.15) is 13.2 Å². The van der Waals surface area contributed by atoms with Crippen LogP contribution in [0.5, 0.6) is 0 Å². The Morgan fingerprint density at radius 3 is 2.26 bits per heavy atom. The first-order valence-corrected chi connectivity index (χ1v) is 6.47. The van der Waals surface area contributed by atoms with Gasteiger partial charge in [0.2, 0.25) is 0 Å². The highest BCUT2D eigenvalue weighted by Gasteiger charge is 2.32. The van der Waals surface area contributed by atoms with Gasteiger partial charge >= 0.3 is 18.0 Å². The maximum atomic E-state index is 12.8. The van der Waals surface area contributed by atoms with Crippen LogP contribution in [0.25, 0.3) is 0 Å². The molecular weight excluding hydrogens is 311 g/mol. The summed E-state index contributed by atoms with van der Waals surface area (Å²) in [6, 6.07) is 6.37. The van der Waals surface area contributed by atoms with Crippen LogP contribution in [0, 0.1) is 6.92 Å². The minimum atomic E-state index is -4.54. The third-order valence-electron chi connectivity index (χ3n) is 2.93. The van der Waals surface area contributed by atoms with Crippen molar-refractivity contribution in [2.24, 2.45) is 0 Å². The van der Waals surface area contributed by atoms with Gasteiger partial charge in [-0.3, -0.25) is 14.6 Å². The van der Waals surface area contributed by atoms with Crippen LogP contribution in [-0.4, -0.2) is 16.8 Å². The second-order valence-electron chi connectivity index (χ2n) is 4.68. The molecular formula is C15H12F3N3O2. The molecule has 2 amide bonds. The number of nitrogens with zero attached hydrogens (tertiary/aromatic N) is 1. The highest BCUT2D eigenvalue weighted by Crippen LogP contribution is 2.33. The third kappa shape index (κ3) is 4.29. The summed E-state index contributed by atoms with van der Waals surface area (Å²) in [4.78, 5) is 27.2. The Balaban J connectivity index is 2.10. The van der Waals surface area contributed by atoms with Gasteiger partial charge in [-0.1, -0.05) is 6.07 Å². The van der Waals surface area contributed by atoms with E-state index in [4.69, 9.17) is 0 Å². The fraction of sp³-hybridized carbons (Fsp3) is 0.133. The van der Waals surface area contributed by atoms with Crippen molar-refractivity contribution in [3.63, 3.8) is 0 Å². The molecule has 2 N–H and O–H groups in total. The molecule has 0 saturated carbocycles. The van der Waals surface area contributed by atoms with Crippen LogP contribution in [0.1, 0.15) is 11.1 Å². The molecule has 0 spiro atoms. The molecule has 0 aliphatic heterocycles. The summed E-state index contributed by atoms with van der Waals surface area (Å²) < 4.78 is 38.4. The molecule has 0 aliphatic carbocycles. The van der Waals surface area contributed by atoms with Crippen molar-refractivity contribution in [3.05, 3.63) is 53.9 Å². The van der Waals surface area contributed by atoms with E-state index in [2.05, 4.69) is 15.6 Å². The summed E-state index contributed by atoms with van der Waals surface area (Å²) >= 11 is 0. The average Bonchev–Trinajstić information content (AvgIpc) is 2.49. The fourth-order valence-electron chi connectivity index (χ4n) is 1.82. The standard InChI is InChI=1S/C15H12F3N3O2/c1-9-4-5-10(7-12(9)15(16,17)18)20-13(22)14(23)21-11-3-2-6-19-8-11/h2-8H,1H3,(H,20,22)(H,21,23). The van der Waals surface area contributed by atoms with Crippen molar-refractivity contribution in [1.82, 2.24) is 4.98 Å². The first-order valence-electron chi connectivity index (χ1n) is 6.47. The van der Waals surface area contributed by atoms with Crippen LogP contribution >= 0.6 is 0 Å². The molecule has 0 radical (unpaired) electrons. The largest absolute Gasteiger partial charge is 0.416 e. The number of amides is 2. The molecule has 5 nitrogen and oxygen atoms in total. The predicted molar refractivity (Wildman–Crippen MR) is 77.7 cm³/mol. The van der Waals surface area contributed by atoms with Crippen molar-refractivity contribution >= 4 is 23.2 Å². The topological polar surface area (TPSA) is 71.1 Å². The minimum absolute atomic E-state index is 0.0234. The van der Waals surface area contributed by atoms with Gasteiger partial charge in [0.15, 0.2) is 0 Å². The summed E-state index contributed by atoms with van der Waals surface area (Å²) in [7, 11) is 0. The number of aromatic nitrogens is 1. The molecule has 0 bridgehead atoms. The van der Waals surface area contributed by atoms with Gasteiger partial charge < -0.3 is 10.6 Å². The lowest BCUT2D eigenvalue weighted by Gasteiger charge is -2.12. The Bertz CT molecular complexity index is 730. The van der Waals surface area contributed by atoms with Crippen LogP contribution < -0.4 is 10.6 Å². The van der Waals surface area contributed by atoms with Crippen molar-refractivity contribution in [3.8, 4) is 0 Å². The molecule has 1 heterocycles. The third-order valence-corrected chi connectivity index (χ3v) is 2.93. The van der Waals surface area contributed by atoms with E-state index < -0.39 is 23.6 Å². The Morgan fingerprint density at radius 2 is 1.70 bits per heavy atom. The molecule has 23 heavy (non-hydrogen) atoms. The zero-order valence-electron chi connectivity index (χ0n) is 11.9. The van der Waals surface area contributed by atoms with Crippen molar-refractivity contribution in [2.45, 2.75) is 13.1 Å². The molecule has 1 aromatic carbocycles. The first kappa shape index (κ1) is 16.5. The number of pyridine rings is 1. The minimum Gasteiger partial charge on any atom is -0.318 e. The number of anilines is 2. The quantitative estimate of drug-likeness (QED) is 0.835. The number of hydrogen-bond acceptors (Lipinski definition) is 3. The highest BCUT2D eigenvalue weighted by atomic mass is 19.4. The zero-order valence-corrected chi connectivity index (χ0v) is 11.9. The van der Waals surface area contributed by atoms with Crippen molar-refractivity contribution in [1.29, 1.82) is 0 Å². The van der Waals surface area contributed by atoms with Crippen LogP contribution in [0.2, 0.25) is 0 Å².